The fourth-order valence-electron chi connectivity index (χ4n) is 9.68. The second-order valence-corrected chi connectivity index (χ2v) is 17.0. The number of rotatable bonds is 8. The topological polar surface area (TPSA) is 61.4 Å². The van der Waals surface area contributed by atoms with Gasteiger partial charge in [0.2, 0.25) is 0 Å². The molecule has 13 rings (SSSR count). The third-order valence-corrected chi connectivity index (χ3v) is 13.0. The molecule has 0 fully saturated rings. The second kappa shape index (κ2) is 16.3. The minimum absolute atomic E-state index is 0.848. The summed E-state index contributed by atoms with van der Waals surface area (Å²) < 4.78 is 4.47. The predicted molar refractivity (Wildman–Crippen MR) is 279 cm³/mol. The van der Waals surface area contributed by atoms with Crippen LogP contribution >= 0.6 is 0 Å². The molecule has 0 aliphatic carbocycles. The zero-order chi connectivity index (χ0) is 45.0. The minimum atomic E-state index is 0.848. The van der Waals surface area contributed by atoms with Gasteiger partial charge in [-0.2, -0.15) is 0 Å². The summed E-state index contributed by atoms with van der Waals surface area (Å²) in [6, 6.07) is 84.9. The van der Waals surface area contributed by atoms with Crippen LogP contribution in [-0.4, -0.2) is 29.1 Å². The van der Waals surface area contributed by atoms with Crippen LogP contribution in [0.3, 0.4) is 0 Å². The summed E-state index contributed by atoms with van der Waals surface area (Å²) in [6.45, 7) is 0. The van der Waals surface area contributed by atoms with Gasteiger partial charge in [-0.25, -0.2) is 19.9 Å². The number of imidazole rings is 2. The molecule has 0 bridgehead atoms. The lowest BCUT2D eigenvalue weighted by molar-refractivity contribution is 1.10. The van der Waals surface area contributed by atoms with E-state index < -0.39 is 0 Å². The Kier molecular flexibility index (Phi) is 9.39. The van der Waals surface area contributed by atoms with Gasteiger partial charge in [0.15, 0.2) is 0 Å². The number of aromatic nitrogens is 6. The van der Waals surface area contributed by atoms with Gasteiger partial charge in [0.05, 0.1) is 44.5 Å². The molecule has 0 saturated heterocycles. The second-order valence-electron chi connectivity index (χ2n) is 17.0. The Morgan fingerprint density at radius 2 is 0.662 bits per heavy atom. The van der Waals surface area contributed by atoms with Crippen molar-refractivity contribution < 1.29 is 0 Å². The molecule has 0 atom stereocenters. The molecule has 4 heterocycles. The largest absolute Gasteiger partial charge is 0.292 e. The van der Waals surface area contributed by atoms with E-state index in [-0.39, 0.29) is 0 Å². The molecule has 0 spiro atoms. The van der Waals surface area contributed by atoms with Crippen LogP contribution in [0, 0.1) is 0 Å². The summed E-state index contributed by atoms with van der Waals surface area (Å²) in [5.74, 6) is 1.78. The minimum Gasteiger partial charge on any atom is -0.292 e. The summed E-state index contributed by atoms with van der Waals surface area (Å²) in [7, 11) is 0. The Morgan fingerprint density at radius 3 is 1.18 bits per heavy atom. The zero-order valence-corrected chi connectivity index (χ0v) is 36.8. The van der Waals surface area contributed by atoms with E-state index in [1.54, 1.807) is 0 Å². The van der Waals surface area contributed by atoms with E-state index in [4.69, 9.17) is 19.9 Å². The lowest BCUT2D eigenvalue weighted by Gasteiger charge is -2.16. The molecule has 318 valence electrons. The van der Waals surface area contributed by atoms with Gasteiger partial charge in [0, 0.05) is 44.4 Å². The highest BCUT2D eigenvalue weighted by atomic mass is 15.1. The SMILES string of the molecule is c1ccc(-c2cc3c(-c4ccccc4)cc(-c4ccc(-c5nc6ccccc6n5-c5ccccc5)cc4)nc3c3nc(-c4ccc(-c5nc6ccccc6n5-c5ccccc5)cc4)ccc23)cc1. The quantitative estimate of drug-likeness (QED) is 0.143. The molecule has 0 saturated carbocycles. The Morgan fingerprint density at radius 1 is 0.265 bits per heavy atom. The van der Waals surface area contributed by atoms with E-state index in [9.17, 15) is 0 Å². The van der Waals surface area contributed by atoms with Crippen LogP contribution in [0.15, 0.2) is 243 Å². The molecule has 6 heteroatoms. The van der Waals surface area contributed by atoms with Crippen LogP contribution in [0.25, 0.3) is 123 Å². The molecule has 0 amide bonds. The van der Waals surface area contributed by atoms with E-state index in [0.717, 1.165) is 123 Å². The zero-order valence-electron chi connectivity index (χ0n) is 36.8. The predicted octanol–water partition coefficient (Wildman–Crippen LogP) is 15.5. The Labute approximate surface area is 392 Å². The van der Waals surface area contributed by atoms with E-state index in [2.05, 4.69) is 228 Å². The van der Waals surface area contributed by atoms with Crippen LogP contribution in [0.5, 0.6) is 0 Å². The van der Waals surface area contributed by atoms with Crippen LogP contribution in [-0.2, 0) is 0 Å². The van der Waals surface area contributed by atoms with Gasteiger partial charge in [0.1, 0.15) is 11.6 Å². The summed E-state index contributed by atoms with van der Waals surface area (Å²) >= 11 is 0. The molecule has 0 unspecified atom stereocenters. The van der Waals surface area contributed by atoms with Crippen LogP contribution in [0.1, 0.15) is 0 Å². The van der Waals surface area contributed by atoms with Crippen molar-refractivity contribution in [1.29, 1.82) is 0 Å². The number of benzene rings is 9. The lowest BCUT2D eigenvalue weighted by atomic mass is 9.92. The molecule has 4 aromatic heterocycles. The fourth-order valence-corrected chi connectivity index (χ4v) is 9.68. The van der Waals surface area contributed by atoms with Crippen molar-refractivity contribution in [1.82, 2.24) is 29.1 Å². The summed E-state index contributed by atoms with van der Waals surface area (Å²) in [5.41, 5.74) is 18.1. The third-order valence-electron chi connectivity index (χ3n) is 13.0. The molecule has 0 radical (unpaired) electrons. The van der Waals surface area contributed by atoms with Gasteiger partial charge < -0.3 is 0 Å². The Balaban J connectivity index is 0.973. The monoisotopic (exact) mass is 868 g/mol. The number of nitrogens with zero attached hydrogens (tertiary/aromatic N) is 6. The Bertz CT molecular complexity index is 3970. The van der Waals surface area contributed by atoms with Crippen molar-refractivity contribution in [2.75, 3.05) is 0 Å². The van der Waals surface area contributed by atoms with Gasteiger partial charge >= 0.3 is 0 Å². The van der Waals surface area contributed by atoms with E-state index in [0.29, 0.717) is 0 Å². The highest BCUT2D eigenvalue weighted by Crippen LogP contribution is 2.41. The number of para-hydroxylation sites is 6. The van der Waals surface area contributed by atoms with E-state index in [1.165, 1.54) is 0 Å². The van der Waals surface area contributed by atoms with Crippen molar-refractivity contribution in [3.8, 4) is 78.9 Å². The summed E-state index contributed by atoms with van der Waals surface area (Å²) in [6.07, 6.45) is 0. The first kappa shape index (κ1) is 39.1. The fraction of sp³-hybridized carbons (Fsp3) is 0. The third kappa shape index (κ3) is 6.74. The van der Waals surface area contributed by atoms with Gasteiger partial charge in [-0.1, -0.05) is 170 Å². The van der Waals surface area contributed by atoms with Crippen molar-refractivity contribution in [3.63, 3.8) is 0 Å². The van der Waals surface area contributed by atoms with Crippen LogP contribution < -0.4 is 0 Å². The molecule has 6 nitrogen and oxygen atoms in total. The first-order valence-corrected chi connectivity index (χ1v) is 22.9. The molecule has 0 aliphatic heterocycles. The maximum Gasteiger partial charge on any atom is 0.145 e. The summed E-state index contributed by atoms with van der Waals surface area (Å²) in [4.78, 5) is 21.4. The summed E-state index contributed by atoms with van der Waals surface area (Å²) in [5, 5.41) is 2.08. The lowest BCUT2D eigenvalue weighted by Crippen LogP contribution is -1.98. The molecular weight excluding hydrogens is 829 g/mol. The first-order valence-electron chi connectivity index (χ1n) is 22.9. The van der Waals surface area contributed by atoms with Crippen LogP contribution in [0.2, 0.25) is 0 Å². The van der Waals surface area contributed by atoms with Crippen molar-refractivity contribution in [2.24, 2.45) is 0 Å². The van der Waals surface area contributed by atoms with Crippen LogP contribution in [0.4, 0.5) is 0 Å². The number of hydrogen-bond donors (Lipinski definition) is 0. The molecule has 0 N–H and O–H groups in total. The van der Waals surface area contributed by atoms with Crippen molar-refractivity contribution >= 4 is 43.9 Å². The highest BCUT2D eigenvalue weighted by molar-refractivity contribution is 6.15. The average molecular weight is 869 g/mol. The number of fused-ring (bicyclic) bond motifs is 5. The Hall–Kier alpha value is -9.26. The van der Waals surface area contributed by atoms with Crippen molar-refractivity contribution in [3.05, 3.63) is 243 Å². The first-order chi connectivity index (χ1) is 33.7. The molecule has 68 heavy (non-hydrogen) atoms. The maximum atomic E-state index is 5.55. The molecule has 13 aromatic rings. The van der Waals surface area contributed by atoms with Crippen molar-refractivity contribution in [2.45, 2.75) is 0 Å². The average Bonchev–Trinajstić information content (AvgIpc) is 4.01. The number of pyridine rings is 2. The molecule has 0 aliphatic rings. The molecular formula is C62H40N6. The van der Waals surface area contributed by atoms with Gasteiger partial charge in [-0.15, -0.1) is 0 Å². The normalized spacial score (nSPS) is 11.5. The standard InChI is InChI=1S/C62H40N6/c1-5-17-41(18-6-1)50-39-52-51(42-19-7-2-8-20-42)40-56(44-31-35-46(36-32-44)62-66-55-26-14-16-28-58(55)68(62)48-23-11-4-12-24-48)64-60(52)59-49(50)37-38-53(63-59)43-29-33-45(34-30-43)61-65-54-25-13-15-27-57(54)67(61)47-21-9-3-10-22-47/h1-40H. The number of hydrogen-bond acceptors (Lipinski definition) is 4. The van der Waals surface area contributed by atoms with E-state index in [1.807, 2.05) is 24.3 Å². The smallest absolute Gasteiger partial charge is 0.145 e. The van der Waals surface area contributed by atoms with E-state index >= 15 is 0 Å². The van der Waals surface area contributed by atoms with Gasteiger partial charge in [0.25, 0.3) is 0 Å². The highest BCUT2D eigenvalue weighted by Gasteiger charge is 2.20. The van der Waals surface area contributed by atoms with Gasteiger partial charge in [-0.3, -0.25) is 9.13 Å². The molecule has 9 aromatic carbocycles. The maximum absolute atomic E-state index is 5.55. The van der Waals surface area contributed by atoms with Gasteiger partial charge in [-0.05, 0) is 95.1 Å².